The monoisotopic (exact) mass is 516 g/mol. The summed E-state index contributed by atoms with van der Waals surface area (Å²) < 4.78 is 5.45. The van der Waals surface area contributed by atoms with Crippen LogP contribution in [0.2, 0.25) is 0 Å². The molecule has 0 bridgehead atoms. The molecule has 2 aliphatic rings. The fourth-order valence-corrected chi connectivity index (χ4v) is 4.71. The summed E-state index contributed by atoms with van der Waals surface area (Å²) in [5, 5.41) is 3.20. The molecule has 2 aliphatic heterocycles. The van der Waals surface area contributed by atoms with Gasteiger partial charge in [-0.25, -0.2) is 4.98 Å². The van der Waals surface area contributed by atoms with Crippen molar-refractivity contribution in [3.05, 3.63) is 65.6 Å². The third kappa shape index (κ3) is 7.09. The van der Waals surface area contributed by atoms with E-state index in [1.807, 2.05) is 37.3 Å². The van der Waals surface area contributed by atoms with Crippen LogP contribution in [0.1, 0.15) is 28.7 Å². The minimum absolute atomic E-state index is 0.0405. The van der Waals surface area contributed by atoms with Crippen molar-refractivity contribution in [1.82, 2.24) is 29.7 Å². The maximum absolute atomic E-state index is 12.8. The van der Waals surface area contributed by atoms with Gasteiger partial charge in [-0.3, -0.25) is 14.6 Å². The van der Waals surface area contributed by atoms with E-state index in [1.165, 1.54) is 0 Å². The molecule has 10 heteroatoms. The second kappa shape index (κ2) is 12.9. The molecular weight excluding hydrogens is 480 g/mol. The average molecular weight is 517 g/mol. The highest BCUT2D eigenvalue weighted by Crippen LogP contribution is 2.18. The van der Waals surface area contributed by atoms with Gasteiger partial charge in [-0.05, 0) is 17.7 Å². The van der Waals surface area contributed by atoms with Crippen LogP contribution in [-0.2, 0) is 17.6 Å². The lowest BCUT2D eigenvalue weighted by Crippen LogP contribution is -2.50. The van der Waals surface area contributed by atoms with Crippen molar-refractivity contribution in [2.24, 2.45) is 0 Å². The van der Waals surface area contributed by atoms with Crippen molar-refractivity contribution < 1.29 is 9.53 Å². The molecule has 0 atom stereocenters. The van der Waals surface area contributed by atoms with Gasteiger partial charge in [0.05, 0.1) is 13.2 Å². The minimum atomic E-state index is 0.0405. The zero-order valence-corrected chi connectivity index (χ0v) is 22.1. The van der Waals surface area contributed by atoms with Crippen LogP contribution < -0.4 is 10.2 Å². The number of aromatic nitrogens is 4. The number of morpholine rings is 1. The number of pyridine rings is 1. The lowest BCUT2D eigenvalue weighted by Gasteiger charge is -2.36. The maximum Gasteiger partial charge on any atom is 0.233 e. The normalized spacial score (nSPS) is 16.9. The molecule has 2 fully saturated rings. The van der Waals surface area contributed by atoms with Crippen LogP contribution in [0.4, 0.5) is 17.7 Å². The predicted octanol–water partition coefficient (Wildman–Crippen LogP) is 2.45. The second-order valence-corrected chi connectivity index (χ2v) is 9.65. The lowest BCUT2D eigenvalue weighted by atomic mass is 10.0. The van der Waals surface area contributed by atoms with E-state index in [1.54, 1.807) is 18.3 Å². The van der Waals surface area contributed by atoms with Crippen LogP contribution in [-0.4, -0.2) is 101 Å². The largest absolute Gasteiger partial charge is 0.379 e. The first-order chi connectivity index (χ1) is 18.7. The van der Waals surface area contributed by atoms with Crippen LogP contribution in [0.5, 0.6) is 0 Å². The van der Waals surface area contributed by atoms with Gasteiger partial charge in [-0.15, -0.1) is 0 Å². The molecule has 2 saturated heterocycles. The molecule has 0 amide bonds. The van der Waals surface area contributed by atoms with Crippen LogP contribution in [0.3, 0.4) is 0 Å². The van der Waals surface area contributed by atoms with Gasteiger partial charge in [-0.1, -0.05) is 37.3 Å². The Morgan fingerprint density at radius 3 is 2.39 bits per heavy atom. The van der Waals surface area contributed by atoms with Gasteiger partial charge in [0.2, 0.25) is 11.9 Å². The summed E-state index contributed by atoms with van der Waals surface area (Å²) in [6, 6.07) is 13.2. The zero-order valence-electron chi connectivity index (χ0n) is 22.1. The van der Waals surface area contributed by atoms with Crippen LogP contribution in [0.15, 0.2) is 48.7 Å². The summed E-state index contributed by atoms with van der Waals surface area (Å²) in [7, 11) is 0. The molecule has 3 aromatic rings. The van der Waals surface area contributed by atoms with Gasteiger partial charge in [-0.2, -0.15) is 15.0 Å². The summed E-state index contributed by atoms with van der Waals surface area (Å²) in [4.78, 5) is 38.4. The maximum atomic E-state index is 12.8. The van der Waals surface area contributed by atoms with Gasteiger partial charge in [0.25, 0.3) is 0 Å². The van der Waals surface area contributed by atoms with E-state index in [0.29, 0.717) is 36.1 Å². The summed E-state index contributed by atoms with van der Waals surface area (Å²) in [5.74, 6) is 2.43. The Balaban J connectivity index is 1.20. The quantitative estimate of drug-likeness (QED) is 0.405. The molecule has 0 spiro atoms. The Bertz CT molecular complexity index is 1190. The molecule has 1 aromatic carbocycles. The third-order valence-electron chi connectivity index (χ3n) is 7.01. The number of benzene rings is 1. The number of aryl methyl sites for hydroxylation is 1. The van der Waals surface area contributed by atoms with Crippen molar-refractivity contribution in [3.8, 4) is 0 Å². The number of rotatable bonds is 10. The first kappa shape index (κ1) is 26.1. The van der Waals surface area contributed by atoms with Crippen molar-refractivity contribution in [2.75, 3.05) is 75.8 Å². The van der Waals surface area contributed by atoms with E-state index in [2.05, 4.69) is 30.0 Å². The molecule has 10 nitrogen and oxygen atoms in total. The molecule has 0 aliphatic carbocycles. The Kier molecular flexibility index (Phi) is 8.85. The number of anilines is 3. The van der Waals surface area contributed by atoms with Crippen molar-refractivity contribution in [3.63, 3.8) is 0 Å². The molecule has 1 N–H and O–H groups in total. The summed E-state index contributed by atoms with van der Waals surface area (Å²) in [6.07, 6.45) is 2.69. The minimum Gasteiger partial charge on any atom is -0.379 e. The fraction of sp³-hybridized carbons (Fsp3) is 0.464. The van der Waals surface area contributed by atoms with E-state index in [0.717, 1.165) is 77.0 Å². The van der Waals surface area contributed by atoms with E-state index in [9.17, 15) is 4.79 Å². The van der Waals surface area contributed by atoms with Crippen molar-refractivity contribution in [2.45, 2.75) is 19.8 Å². The number of Topliss-reactive ketones (excluding diaryl/α,β-unsaturated/α-hetero) is 1. The van der Waals surface area contributed by atoms with Gasteiger partial charge < -0.3 is 15.0 Å². The molecule has 38 heavy (non-hydrogen) atoms. The zero-order chi connectivity index (χ0) is 26.2. The number of carbonyl (C=O) groups excluding carboxylic acids is 1. The molecular formula is C28H36N8O2. The number of nitrogens with zero attached hydrogens (tertiary/aromatic N) is 7. The molecule has 2 aromatic heterocycles. The highest BCUT2D eigenvalue weighted by atomic mass is 16.5. The number of ketones is 1. The first-order valence-corrected chi connectivity index (χ1v) is 13.5. The Labute approximate surface area is 224 Å². The summed E-state index contributed by atoms with van der Waals surface area (Å²) >= 11 is 0. The fourth-order valence-electron chi connectivity index (χ4n) is 4.71. The van der Waals surface area contributed by atoms with Crippen LogP contribution in [0.25, 0.3) is 0 Å². The van der Waals surface area contributed by atoms with Crippen molar-refractivity contribution in [1.29, 1.82) is 0 Å². The van der Waals surface area contributed by atoms with Gasteiger partial charge >= 0.3 is 0 Å². The molecule has 0 radical (unpaired) electrons. The van der Waals surface area contributed by atoms with E-state index in [-0.39, 0.29) is 5.78 Å². The van der Waals surface area contributed by atoms with Gasteiger partial charge in [0.15, 0.2) is 5.78 Å². The lowest BCUT2D eigenvalue weighted by molar-refractivity contribution is 0.0331. The third-order valence-corrected chi connectivity index (χ3v) is 7.01. The van der Waals surface area contributed by atoms with E-state index in [4.69, 9.17) is 14.7 Å². The Morgan fingerprint density at radius 2 is 1.66 bits per heavy atom. The number of piperazine rings is 1. The number of carbonyl (C=O) groups is 1. The molecule has 4 heterocycles. The first-order valence-electron chi connectivity index (χ1n) is 13.5. The Hall–Kier alpha value is -3.47. The molecule has 5 rings (SSSR count). The van der Waals surface area contributed by atoms with E-state index >= 15 is 0 Å². The highest BCUT2D eigenvalue weighted by Gasteiger charge is 2.21. The van der Waals surface area contributed by atoms with Gasteiger partial charge in [0, 0.05) is 77.0 Å². The highest BCUT2D eigenvalue weighted by molar-refractivity contribution is 5.98. The number of hydrogen-bond acceptors (Lipinski definition) is 10. The molecule has 0 saturated carbocycles. The number of nitrogens with one attached hydrogen (secondary N) is 1. The number of hydrogen-bond donors (Lipinski definition) is 1. The Morgan fingerprint density at radius 1 is 0.921 bits per heavy atom. The summed E-state index contributed by atoms with van der Waals surface area (Å²) in [5.41, 5.74) is 1.59. The second-order valence-electron chi connectivity index (χ2n) is 9.65. The SMILES string of the molecule is CCc1nc(Nc2cc(C(=O)Cc3ccccc3)ccn2)nc(N2CCN(CCN3CCOCC3)CC2)n1. The predicted molar refractivity (Wildman–Crippen MR) is 147 cm³/mol. The molecule has 200 valence electrons. The van der Waals surface area contributed by atoms with Crippen LogP contribution >= 0.6 is 0 Å². The standard InChI is InChI=1S/C28H36N8O2/c1-2-25-30-27(31-26-21-23(8-9-29-26)24(37)20-22-6-4-3-5-7-22)33-28(32-25)36-14-12-34(13-15-36)10-11-35-16-18-38-19-17-35/h3-9,21H,2,10-20H2,1H3,(H,29,30,31,32,33). The summed E-state index contributed by atoms with van der Waals surface area (Å²) in [6.45, 7) is 11.6. The number of ether oxygens (including phenoxy) is 1. The van der Waals surface area contributed by atoms with E-state index < -0.39 is 0 Å². The smallest absolute Gasteiger partial charge is 0.233 e. The average Bonchev–Trinajstić information content (AvgIpc) is 2.97. The van der Waals surface area contributed by atoms with Crippen molar-refractivity contribution >= 4 is 23.5 Å². The topological polar surface area (TPSA) is 99.6 Å². The van der Waals surface area contributed by atoms with Crippen LogP contribution in [0, 0.1) is 0 Å². The molecule has 0 unspecified atom stereocenters. The van der Waals surface area contributed by atoms with Gasteiger partial charge in [0.1, 0.15) is 11.6 Å².